The molecule has 3 aliphatic rings. The van der Waals surface area contributed by atoms with Gasteiger partial charge in [0.15, 0.2) is 0 Å². The van der Waals surface area contributed by atoms with E-state index in [9.17, 15) is 4.79 Å². The van der Waals surface area contributed by atoms with Crippen LogP contribution in [0.25, 0.3) is 0 Å². The maximum absolute atomic E-state index is 12.6. The molecule has 0 unspecified atom stereocenters. The first-order valence-corrected chi connectivity index (χ1v) is 10.6. The summed E-state index contributed by atoms with van der Waals surface area (Å²) < 4.78 is 2.07. The van der Waals surface area contributed by atoms with E-state index < -0.39 is 0 Å². The van der Waals surface area contributed by atoms with Crippen molar-refractivity contribution in [2.75, 3.05) is 13.1 Å². The summed E-state index contributed by atoms with van der Waals surface area (Å²) in [5.74, 6) is 2.42. The minimum atomic E-state index is 0.261. The molecule has 0 radical (unpaired) electrons. The van der Waals surface area contributed by atoms with Gasteiger partial charge in [0.25, 0.3) is 0 Å². The predicted molar refractivity (Wildman–Crippen MR) is 103 cm³/mol. The number of nitrogens with zero attached hydrogens (tertiary/aromatic N) is 3. The monoisotopic (exact) mass is 358 g/mol. The Kier molecular flexibility index (Phi) is 5.09. The van der Waals surface area contributed by atoms with Crippen molar-refractivity contribution >= 4 is 5.91 Å². The Morgan fingerprint density at radius 1 is 1.23 bits per heavy atom. The molecule has 1 aromatic heterocycles. The molecule has 0 aromatic carbocycles. The van der Waals surface area contributed by atoms with Gasteiger partial charge in [-0.25, -0.2) is 0 Å². The average molecular weight is 359 g/mol. The van der Waals surface area contributed by atoms with Crippen LogP contribution in [-0.4, -0.2) is 39.7 Å². The molecule has 26 heavy (non-hydrogen) atoms. The third-order valence-corrected chi connectivity index (χ3v) is 6.77. The highest BCUT2D eigenvalue weighted by atomic mass is 16.2. The van der Waals surface area contributed by atoms with E-state index in [-0.39, 0.29) is 5.92 Å². The molecule has 3 fully saturated rings. The third kappa shape index (κ3) is 3.68. The fraction of sp³-hybridized carbons (Fsp3) is 0.810. The van der Waals surface area contributed by atoms with Gasteiger partial charge in [-0.05, 0) is 37.5 Å². The van der Waals surface area contributed by atoms with Crippen molar-refractivity contribution in [3.8, 4) is 0 Å². The fourth-order valence-electron chi connectivity index (χ4n) is 5.10. The van der Waals surface area contributed by atoms with E-state index in [1.165, 1.54) is 36.9 Å². The number of aromatic nitrogens is 2. The lowest BCUT2D eigenvalue weighted by molar-refractivity contribution is -0.125. The molecule has 2 atom stereocenters. The molecule has 5 heteroatoms. The average Bonchev–Trinajstić information content (AvgIpc) is 3.00. The predicted octanol–water partition coefficient (Wildman–Crippen LogP) is 3.06. The van der Waals surface area contributed by atoms with Crippen molar-refractivity contribution in [3.05, 3.63) is 17.5 Å². The summed E-state index contributed by atoms with van der Waals surface area (Å²) in [5.41, 5.74) is 2.82. The van der Waals surface area contributed by atoms with E-state index in [4.69, 9.17) is 0 Å². The van der Waals surface area contributed by atoms with Crippen LogP contribution in [0.5, 0.6) is 0 Å². The van der Waals surface area contributed by atoms with E-state index in [2.05, 4.69) is 47.1 Å². The highest BCUT2D eigenvalue weighted by Gasteiger charge is 2.38. The number of aryl methyl sites for hydroxylation is 1. The SMILES string of the molecule is CC(C)[C@H]1CN(Cc2cnn(C)c2C2CC2)C[C@@H]1NC(=O)C1CCCC1. The highest BCUT2D eigenvalue weighted by molar-refractivity contribution is 5.79. The Hall–Kier alpha value is -1.36. The minimum absolute atomic E-state index is 0.261. The fourth-order valence-corrected chi connectivity index (χ4v) is 5.10. The first-order chi connectivity index (χ1) is 12.5. The zero-order valence-electron chi connectivity index (χ0n) is 16.6. The van der Waals surface area contributed by atoms with Crippen LogP contribution < -0.4 is 5.32 Å². The quantitative estimate of drug-likeness (QED) is 0.850. The Balaban J connectivity index is 1.41. The maximum atomic E-state index is 12.6. The van der Waals surface area contributed by atoms with Crippen molar-refractivity contribution in [1.29, 1.82) is 0 Å². The normalized spacial score (nSPS) is 27.5. The maximum Gasteiger partial charge on any atom is 0.223 e. The molecule has 1 saturated heterocycles. The first kappa shape index (κ1) is 18.0. The highest BCUT2D eigenvalue weighted by Crippen LogP contribution is 2.42. The first-order valence-electron chi connectivity index (χ1n) is 10.6. The van der Waals surface area contributed by atoms with Crippen molar-refractivity contribution in [3.63, 3.8) is 0 Å². The number of carbonyl (C=O) groups excluding carboxylic acids is 1. The van der Waals surface area contributed by atoms with Gasteiger partial charge in [-0.1, -0.05) is 26.7 Å². The summed E-state index contributed by atoms with van der Waals surface area (Å²) in [6.07, 6.45) is 9.26. The molecule has 2 aliphatic carbocycles. The standard InChI is InChI=1S/C21H34N4O/c1-14(2)18-12-25(11-17-10-22-24(3)20(17)15-8-9-15)13-19(18)23-21(26)16-6-4-5-7-16/h10,14-16,18-19H,4-9,11-13H2,1-3H3,(H,23,26)/t18-,19+/m1/s1. The van der Waals surface area contributed by atoms with Crippen molar-refractivity contribution in [2.24, 2.45) is 24.8 Å². The molecule has 144 valence electrons. The Bertz CT molecular complexity index is 642. The zero-order valence-corrected chi connectivity index (χ0v) is 16.6. The lowest BCUT2D eigenvalue weighted by atomic mass is 9.91. The van der Waals surface area contributed by atoms with Gasteiger partial charge in [0.05, 0.1) is 6.20 Å². The molecular weight excluding hydrogens is 324 g/mol. The number of hydrogen-bond donors (Lipinski definition) is 1. The number of amides is 1. The molecule has 2 saturated carbocycles. The van der Waals surface area contributed by atoms with Gasteiger partial charge in [0.2, 0.25) is 5.91 Å². The summed E-state index contributed by atoms with van der Waals surface area (Å²) in [4.78, 5) is 15.2. The van der Waals surface area contributed by atoms with Crippen LogP contribution in [0.15, 0.2) is 6.20 Å². The zero-order chi connectivity index (χ0) is 18.3. The van der Waals surface area contributed by atoms with E-state index in [1.54, 1.807) is 0 Å². The minimum Gasteiger partial charge on any atom is -0.352 e. The second kappa shape index (κ2) is 7.34. The molecular formula is C21H34N4O. The van der Waals surface area contributed by atoms with Crippen LogP contribution >= 0.6 is 0 Å². The topological polar surface area (TPSA) is 50.2 Å². The molecule has 1 amide bonds. The molecule has 4 rings (SSSR count). The Labute approximate surface area is 157 Å². The molecule has 1 aromatic rings. The second-order valence-electron chi connectivity index (χ2n) is 9.15. The lowest BCUT2D eigenvalue weighted by Crippen LogP contribution is -2.44. The molecule has 0 bridgehead atoms. The number of hydrogen-bond acceptors (Lipinski definition) is 3. The van der Waals surface area contributed by atoms with Crippen molar-refractivity contribution in [1.82, 2.24) is 20.0 Å². The lowest BCUT2D eigenvalue weighted by Gasteiger charge is -2.24. The number of nitrogens with one attached hydrogen (secondary N) is 1. The van der Waals surface area contributed by atoms with Gasteiger partial charge in [0, 0.05) is 55.8 Å². The summed E-state index contributed by atoms with van der Waals surface area (Å²) >= 11 is 0. The van der Waals surface area contributed by atoms with Crippen LogP contribution in [-0.2, 0) is 18.4 Å². The van der Waals surface area contributed by atoms with E-state index in [0.717, 1.165) is 38.4 Å². The van der Waals surface area contributed by atoms with E-state index >= 15 is 0 Å². The van der Waals surface area contributed by atoms with Gasteiger partial charge in [0.1, 0.15) is 0 Å². The van der Waals surface area contributed by atoms with Crippen LogP contribution in [0.1, 0.15) is 69.5 Å². The van der Waals surface area contributed by atoms with Crippen LogP contribution in [0.4, 0.5) is 0 Å². The van der Waals surface area contributed by atoms with Crippen molar-refractivity contribution < 1.29 is 4.79 Å². The smallest absolute Gasteiger partial charge is 0.223 e. The summed E-state index contributed by atoms with van der Waals surface area (Å²) in [5, 5.41) is 7.94. The Morgan fingerprint density at radius 2 is 1.96 bits per heavy atom. The summed E-state index contributed by atoms with van der Waals surface area (Å²) in [7, 11) is 2.07. The largest absolute Gasteiger partial charge is 0.352 e. The molecule has 5 nitrogen and oxygen atoms in total. The van der Waals surface area contributed by atoms with Gasteiger partial charge in [-0.15, -0.1) is 0 Å². The van der Waals surface area contributed by atoms with Gasteiger partial charge in [-0.3, -0.25) is 14.4 Å². The molecule has 0 spiro atoms. The van der Waals surface area contributed by atoms with E-state index in [0.29, 0.717) is 23.8 Å². The van der Waals surface area contributed by atoms with Crippen LogP contribution in [0.3, 0.4) is 0 Å². The molecule has 1 N–H and O–H groups in total. The van der Waals surface area contributed by atoms with Gasteiger partial charge in [-0.2, -0.15) is 5.10 Å². The Morgan fingerprint density at radius 3 is 2.62 bits per heavy atom. The van der Waals surface area contributed by atoms with E-state index in [1.807, 2.05) is 0 Å². The summed E-state index contributed by atoms with van der Waals surface area (Å²) in [6, 6.07) is 0.296. The summed E-state index contributed by atoms with van der Waals surface area (Å²) in [6.45, 7) is 7.61. The molecule has 1 aliphatic heterocycles. The number of carbonyl (C=O) groups is 1. The van der Waals surface area contributed by atoms with Crippen molar-refractivity contribution in [2.45, 2.75) is 70.9 Å². The molecule has 2 heterocycles. The number of rotatable bonds is 6. The number of likely N-dealkylation sites (tertiary alicyclic amines) is 1. The van der Waals surface area contributed by atoms with Crippen LogP contribution in [0.2, 0.25) is 0 Å². The van der Waals surface area contributed by atoms with Crippen LogP contribution in [0, 0.1) is 17.8 Å². The van der Waals surface area contributed by atoms with Gasteiger partial charge >= 0.3 is 0 Å². The second-order valence-corrected chi connectivity index (χ2v) is 9.15. The third-order valence-electron chi connectivity index (χ3n) is 6.77. The van der Waals surface area contributed by atoms with Gasteiger partial charge < -0.3 is 5.32 Å².